The van der Waals surface area contributed by atoms with Gasteiger partial charge < -0.3 is 4.90 Å². The average Bonchev–Trinajstić information content (AvgIpc) is 3.74. The van der Waals surface area contributed by atoms with Crippen LogP contribution in [0.2, 0.25) is 0 Å². The van der Waals surface area contributed by atoms with Crippen molar-refractivity contribution < 1.29 is 0 Å². The summed E-state index contributed by atoms with van der Waals surface area (Å²) in [6.07, 6.45) is 0. The molecule has 1 nitrogen and oxygen atoms in total. The highest BCUT2D eigenvalue weighted by Crippen LogP contribution is 2.63. The lowest BCUT2D eigenvalue weighted by Crippen LogP contribution is -2.40. The van der Waals surface area contributed by atoms with E-state index in [1.807, 2.05) is 0 Å². The summed E-state index contributed by atoms with van der Waals surface area (Å²) < 4.78 is 0. The molecule has 0 radical (unpaired) electrons. The third kappa shape index (κ3) is 5.03. The van der Waals surface area contributed by atoms with Crippen molar-refractivity contribution in [3.8, 4) is 44.5 Å². The first-order valence-electron chi connectivity index (χ1n) is 22.0. The molecule has 3 aliphatic rings. The summed E-state index contributed by atoms with van der Waals surface area (Å²) in [5.74, 6) is 0. The Bertz CT molecular complexity index is 3190. The fraction of sp³-hybridized carbons (Fsp3) is 0.115. The molecule has 62 heavy (non-hydrogen) atoms. The molecule has 0 heterocycles. The van der Waals surface area contributed by atoms with Crippen LogP contribution in [0, 0.1) is 0 Å². The smallest absolute Gasteiger partial charge is 0.0720 e. The molecule has 296 valence electrons. The number of fused-ring (bicyclic) bond motifs is 12. The lowest BCUT2D eigenvalue weighted by Gasteiger charge is -2.47. The maximum atomic E-state index is 2.53. The van der Waals surface area contributed by atoms with Crippen molar-refractivity contribution in [3.05, 3.63) is 257 Å². The molecule has 0 aliphatic heterocycles. The summed E-state index contributed by atoms with van der Waals surface area (Å²) in [6, 6.07) is 79.7. The van der Waals surface area contributed by atoms with Gasteiger partial charge in [-0.3, -0.25) is 0 Å². The number of rotatable bonds is 5. The Kier molecular flexibility index (Phi) is 7.91. The van der Waals surface area contributed by atoms with E-state index < -0.39 is 5.41 Å². The van der Waals surface area contributed by atoms with E-state index in [4.69, 9.17) is 0 Å². The molecule has 12 rings (SSSR count). The molecule has 3 aliphatic carbocycles. The quantitative estimate of drug-likeness (QED) is 0.168. The zero-order chi connectivity index (χ0) is 41.8. The van der Waals surface area contributed by atoms with Gasteiger partial charge in [0, 0.05) is 27.8 Å². The molecule has 1 spiro atoms. The van der Waals surface area contributed by atoms with E-state index in [1.165, 1.54) is 89.0 Å². The van der Waals surface area contributed by atoms with Crippen LogP contribution in [0.5, 0.6) is 0 Å². The van der Waals surface area contributed by atoms with Gasteiger partial charge in [-0.1, -0.05) is 204 Å². The Morgan fingerprint density at radius 3 is 1.42 bits per heavy atom. The normalized spacial score (nSPS) is 15.2. The second-order valence-electron chi connectivity index (χ2n) is 18.4. The third-order valence-electron chi connectivity index (χ3n) is 14.6. The lowest BCUT2D eigenvalue weighted by molar-refractivity contribution is 0.563. The molecular formula is C61H47N. The first-order chi connectivity index (χ1) is 30.3. The van der Waals surface area contributed by atoms with Crippen LogP contribution in [0.15, 0.2) is 212 Å². The minimum atomic E-state index is -0.486. The van der Waals surface area contributed by atoms with Crippen LogP contribution in [0.25, 0.3) is 44.5 Å². The van der Waals surface area contributed by atoms with Gasteiger partial charge in [-0.15, -0.1) is 0 Å². The first-order valence-corrected chi connectivity index (χ1v) is 22.0. The van der Waals surface area contributed by atoms with Crippen molar-refractivity contribution in [1.29, 1.82) is 0 Å². The zero-order valence-corrected chi connectivity index (χ0v) is 35.7. The van der Waals surface area contributed by atoms with E-state index in [0.29, 0.717) is 0 Å². The minimum Gasteiger partial charge on any atom is -0.310 e. The van der Waals surface area contributed by atoms with Crippen molar-refractivity contribution in [3.63, 3.8) is 0 Å². The predicted octanol–water partition coefficient (Wildman–Crippen LogP) is 15.8. The fourth-order valence-electron chi connectivity index (χ4n) is 11.6. The van der Waals surface area contributed by atoms with Crippen LogP contribution in [-0.4, -0.2) is 0 Å². The Labute approximate surface area is 365 Å². The predicted molar refractivity (Wildman–Crippen MR) is 259 cm³/mol. The largest absolute Gasteiger partial charge is 0.310 e. The number of para-hydroxylation sites is 1. The Morgan fingerprint density at radius 2 is 0.742 bits per heavy atom. The molecule has 0 saturated heterocycles. The van der Waals surface area contributed by atoms with E-state index in [9.17, 15) is 0 Å². The van der Waals surface area contributed by atoms with Crippen LogP contribution < -0.4 is 4.90 Å². The monoisotopic (exact) mass is 793 g/mol. The van der Waals surface area contributed by atoms with Gasteiger partial charge in [-0.2, -0.15) is 0 Å². The van der Waals surface area contributed by atoms with Gasteiger partial charge in [0.05, 0.1) is 11.1 Å². The molecule has 0 N–H and O–H groups in total. The number of hydrogen-bond donors (Lipinski definition) is 0. The van der Waals surface area contributed by atoms with Gasteiger partial charge in [0.15, 0.2) is 0 Å². The van der Waals surface area contributed by atoms with Crippen molar-refractivity contribution in [2.45, 2.75) is 43.9 Å². The first kappa shape index (κ1) is 36.6. The van der Waals surface area contributed by atoms with Crippen LogP contribution >= 0.6 is 0 Å². The molecule has 0 amide bonds. The molecule has 9 aromatic rings. The molecule has 0 fully saturated rings. The number of benzene rings is 9. The van der Waals surface area contributed by atoms with Crippen LogP contribution in [0.1, 0.15) is 72.2 Å². The number of hydrogen-bond acceptors (Lipinski definition) is 1. The zero-order valence-electron chi connectivity index (χ0n) is 35.7. The van der Waals surface area contributed by atoms with E-state index in [2.05, 4.69) is 245 Å². The van der Waals surface area contributed by atoms with Crippen molar-refractivity contribution in [2.24, 2.45) is 0 Å². The van der Waals surface area contributed by atoms with Crippen LogP contribution in [-0.2, 0) is 16.2 Å². The highest BCUT2D eigenvalue weighted by Gasteiger charge is 2.53. The summed E-state index contributed by atoms with van der Waals surface area (Å²) in [6.45, 7) is 9.53. The highest BCUT2D eigenvalue weighted by molar-refractivity contribution is 5.92. The lowest BCUT2D eigenvalue weighted by atomic mass is 9.55. The van der Waals surface area contributed by atoms with Gasteiger partial charge in [-0.05, 0) is 120 Å². The van der Waals surface area contributed by atoms with Gasteiger partial charge >= 0.3 is 0 Å². The summed E-state index contributed by atoms with van der Waals surface area (Å²) in [4.78, 5) is 2.49. The Balaban J connectivity index is 1.07. The Morgan fingerprint density at radius 1 is 0.274 bits per heavy atom. The van der Waals surface area contributed by atoms with E-state index in [-0.39, 0.29) is 10.8 Å². The molecule has 0 bridgehead atoms. The summed E-state index contributed by atoms with van der Waals surface area (Å²) >= 11 is 0. The molecule has 0 aromatic heterocycles. The maximum Gasteiger partial charge on any atom is 0.0720 e. The molecule has 0 unspecified atom stereocenters. The molecular weight excluding hydrogens is 747 g/mol. The molecule has 0 atom stereocenters. The average molecular weight is 794 g/mol. The van der Waals surface area contributed by atoms with Crippen molar-refractivity contribution >= 4 is 17.1 Å². The maximum absolute atomic E-state index is 2.53. The van der Waals surface area contributed by atoms with Gasteiger partial charge in [-0.25, -0.2) is 0 Å². The van der Waals surface area contributed by atoms with Gasteiger partial charge in [0.25, 0.3) is 0 Å². The second kappa shape index (κ2) is 13.4. The molecule has 0 saturated carbocycles. The minimum absolute atomic E-state index is 0.0565. The van der Waals surface area contributed by atoms with Crippen LogP contribution in [0.4, 0.5) is 17.1 Å². The summed E-state index contributed by atoms with van der Waals surface area (Å²) in [5, 5.41) is 0. The van der Waals surface area contributed by atoms with Gasteiger partial charge in [0.2, 0.25) is 0 Å². The third-order valence-corrected chi connectivity index (χ3v) is 14.6. The van der Waals surface area contributed by atoms with Gasteiger partial charge in [0.1, 0.15) is 0 Å². The standard InChI is InChI=1S/C61H47N/c1-59(2)50-24-12-8-21-46(50)49-36-32-42(38-56(49)59)40-30-33-43(34-31-40)62(58-29-17-11-20-45(58)41-18-6-5-7-19-41)44-35-37-54-57(39-44)61(55-28-16-15-27-53(55)60(54,3)4)51-25-13-9-22-47(51)48-23-10-14-26-52(48)61/h5-39H,1-4H3. The highest BCUT2D eigenvalue weighted by atomic mass is 15.1. The van der Waals surface area contributed by atoms with Crippen molar-refractivity contribution in [2.75, 3.05) is 4.90 Å². The molecule has 1 heteroatoms. The van der Waals surface area contributed by atoms with Crippen LogP contribution in [0.3, 0.4) is 0 Å². The molecule has 9 aromatic carbocycles. The van der Waals surface area contributed by atoms with Crippen molar-refractivity contribution in [1.82, 2.24) is 0 Å². The topological polar surface area (TPSA) is 3.24 Å². The van der Waals surface area contributed by atoms with E-state index in [1.54, 1.807) is 0 Å². The van der Waals surface area contributed by atoms with E-state index >= 15 is 0 Å². The SMILES string of the molecule is CC1(C)c2ccccc2-c2ccc(-c3ccc(N(c4ccc5c(c4)C4(c6ccccc6-c6ccccc64)c4ccccc4C5(C)C)c4ccccc4-c4ccccc4)cc3)cc21. The number of anilines is 3. The second-order valence-corrected chi connectivity index (χ2v) is 18.4. The number of nitrogens with zero attached hydrogens (tertiary/aromatic N) is 1. The summed E-state index contributed by atoms with van der Waals surface area (Å²) in [7, 11) is 0. The van der Waals surface area contributed by atoms with E-state index in [0.717, 1.165) is 17.1 Å². The Hall–Kier alpha value is -7.22. The fourth-order valence-corrected chi connectivity index (χ4v) is 11.6. The summed E-state index contributed by atoms with van der Waals surface area (Å²) in [5.41, 5.74) is 23.7.